The maximum atomic E-state index is 5.94. The lowest BCUT2D eigenvalue weighted by Crippen LogP contribution is -2.11. The maximum absolute atomic E-state index is 5.94. The summed E-state index contributed by atoms with van der Waals surface area (Å²) >= 11 is 12.6. The molecule has 6 aromatic rings. The Bertz CT molecular complexity index is 1800. The molecule has 204 valence electrons. The van der Waals surface area contributed by atoms with Crippen LogP contribution in [0.2, 0.25) is 5.02 Å². The molecule has 0 saturated carbocycles. The Hall–Kier alpha value is -4.15. The predicted octanol–water partition coefficient (Wildman–Crippen LogP) is 3.96. The normalized spacial score (nSPS) is 10.9. The standard InChI is InChI=1S/C12H12BrN7.C11H9BrClN7/c1-7-6-8(2)20(18-7)12-16-10(14)9(13)11(17-12)19-5-3-4-15-19;1-6-2-15-19(4-6)10-8(12)9(14)17-11(18-10)20-5-7(13)3-16-20/h3-6H,1-2H3,(H2,14,16,17);2-5H,1H3,(H2,14,17,18). The number of hydrogen-bond donors (Lipinski definition) is 2. The van der Waals surface area contributed by atoms with Gasteiger partial charge in [-0.2, -0.15) is 40.3 Å². The molecule has 0 aliphatic rings. The molecule has 0 spiro atoms. The SMILES string of the molecule is Cc1cc(C)n(-c2nc(N)c(Br)c(-n3cccn3)n2)n1.Cc1cnn(-c2nc(-n3cc(Cl)cn3)nc(N)c2Br)c1. The fraction of sp³-hybridized carbons (Fsp3) is 0.130. The minimum atomic E-state index is 0.296. The lowest BCUT2D eigenvalue weighted by molar-refractivity contribution is 0.751. The summed E-state index contributed by atoms with van der Waals surface area (Å²) in [6.07, 6.45) is 10.1. The van der Waals surface area contributed by atoms with Gasteiger partial charge in [0.1, 0.15) is 20.6 Å². The molecule has 4 N–H and O–H groups in total. The average Bonchev–Trinajstić information content (AvgIpc) is 3.72. The highest BCUT2D eigenvalue weighted by atomic mass is 79.9. The van der Waals surface area contributed by atoms with Crippen molar-refractivity contribution in [1.82, 2.24) is 59.1 Å². The van der Waals surface area contributed by atoms with Gasteiger partial charge in [-0.25, -0.2) is 18.7 Å². The molecule has 0 radical (unpaired) electrons. The van der Waals surface area contributed by atoms with Crippen LogP contribution in [0.5, 0.6) is 0 Å². The number of hydrogen-bond acceptors (Lipinski definition) is 10. The van der Waals surface area contributed by atoms with E-state index in [1.165, 1.54) is 10.9 Å². The van der Waals surface area contributed by atoms with Crippen molar-refractivity contribution in [3.8, 4) is 23.5 Å². The summed E-state index contributed by atoms with van der Waals surface area (Å²) in [5, 5.41) is 17.3. The van der Waals surface area contributed by atoms with Crippen molar-refractivity contribution >= 4 is 55.1 Å². The van der Waals surface area contributed by atoms with Crippen LogP contribution in [-0.4, -0.2) is 59.1 Å². The molecule has 6 aromatic heterocycles. The Morgan fingerprint density at radius 3 is 1.98 bits per heavy atom. The number of aryl methyl sites for hydroxylation is 3. The second-order valence-electron chi connectivity index (χ2n) is 8.45. The van der Waals surface area contributed by atoms with Crippen LogP contribution < -0.4 is 11.5 Å². The Balaban J connectivity index is 0.000000161. The van der Waals surface area contributed by atoms with Crippen LogP contribution in [0.3, 0.4) is 0 Å². The van der Waals surface area contributed by atoms with Crippen molar-refractivity contribution in [3.63, 3.8) is 0 Å². The van der Waals surface area contributed by atoms with E-state index in [1.807, 2.05) is 39.1 Å². The van der Waals surface area contributed by atoms with Crippen molar-refractivity contribution in [2.24, 2.45) is 0 Å². The number of nitrogens with zero attached hydrogens (tertiary/aromatic N) is 12. The van der Waals surface area contributed by atoms with E-state index in [0.29, 0.717) is 49.1 Å². The van der Waals surface area contributed by atoms with E-state index in [1.54, 1.807) is 38.8 Å². The summed E-state index contributed by atoms with van der Waals surface area (Å²) < 4.78 is 7.52. The van der Waals surface area contributed by atoms with E-state index >= 15 is 0 Å². The second kappa shape index (κ2) is 11.1. The third-order valence-corrected chi connectivity index (χ3v) is 7.02. The number of halogens is 3. The van der Waals surface area contributed by atoms with E-state index in [4.69, 9.17) is 23.1 Å². The van der Waals surface area contributed by atoms with Gasteiger partial charge in [-0.3, -0.25) is 0 Å². The summed E-state index contributed by atoms with van der Waals surface area (Å²) in [7, 11) is 0. The molecule has 14 nitrogen and oxygen atoms in total. The summed E-state index contributed by atoms with van der Waals surface area (Å²) in [5.41, 5.74) is 14.7. The summed E-state index contributed by atoms with van der Waals surface area (Å²) in [5.74, 6) is 2.48. The molecule has 0 atom stereocenters. The highest BCUT2D eigenvalue weighted by molar-refractivity contribution is 9.11. The lowest BCUT2D eigenvalue weighted by Gasteiger charge is -2.09. The van der Waals surface area contributed by atoms with E-state index in [2.05, 4.69) is 72.2 Å². The van der Waals surface area contributed by atoms with Crippen LogP contribution >= 0.6 is 43.5 Å². The monoisotopic (exact) mass is 686 g/mol. The molecule has 6 heterocycles. The molecule has 17 heteroatoms. The molecule has 0 saturated heterocycles. The highest BCUT2D eigenvalue weighted by Gasteiger charge is 2.16. The maximum Gasteiger partial charge on any atom is 0.254 e. The molecule has 0 bridgehead atoms. The molecule has 0 aliphatic heterocycles. The van der Waals surface area contributed by atoms with Gasteiger partial charge in [0.05, 0.1) is 29.3 Å². The Kier molecular flexibility index (Phi) is 7.64. The first-order valence-corrected chi connectivity index (χ1v) is 13.5. The van der Waals surface area contributed by atoms with Crippen LogP contribution in [-0.2, 0) is 0 Å². The average molecular weight is 689 g/mol. The fourth-order valence-electron chi connectivity index (χ4n) is 3.55. The van der Waals surface area contributed by atoms with Gasteiger partial charge >= 0.3 is 0 Å². The van der Waals surface area contributed by atoms with E-state index in [9.17, 15) is 0 Å². The van der Waals surface area contributed by atoms with Gasteiger partial charge in [-0.1, -0.05) is 11.6 Å². The number of nitrogen functional groups attached to an aromatic ring is 2. The molecule has 0 aliphatic carbocycles. The van der Waals surface area contributed by atoms with E-state index in [0.717, 1.165) is 17.0 Å². The summed E-state index contributed by atoms with van der Waals surface area (Å²) in [6.45, 7) is 5.80. The zero-order valence-electron chi connectivity index (χ0n) is 21.3. The fourth-order valence-corrected chi connectivity index (χ4v) is 4.40. The molecule has 0 fully saturated rings. The topological polar surface area (TPSA) is 175 Å². The van der Waals surface area contributed by atoms with Gasteiger partial charge in [0.2, 0.25) is 0 Å². The number of rotatable bonds is 4. The predicted molar refractivity (Wildman–Crippen MR) is 156 cm³/mol. The quantitative estimate of drug-likeness (QED) is 0.276. The third kappa shape index (κ3) is 5.59. The molecular weight excluding hydrogens is 668 g/mol. The van der Waals surface area contributed by atoms with Gasteiger partial charge in [0.15, 0.2) is 11.6 Å². The van der Waals surface area contributed by atoms with Crippen molar-refractivity contribution < 1.29 is 0 Å². The molecule has 0 amide bonds. The minimum Gasteiger partial charge on any atom is -0.383 e. The Morgan fingerprint density at radius 2 is 1.43 bits per heavy atom. The molecular formula is C23H21Br2ClN14. The van der Waals surface area contributed by atoms with Crippen LogP contribution in [0.4, 0.5) is 11.6 Å². The van der Waals surface area contributed by atoms with Crippen LogP contribution in [0, 0.1) is 20.8 Å². The van der Waals surface area contributed by atoms with Crippen molar-refractivity contribution in [2.45, 2.75) is 20.8 Å². The van der Waals surface area contributed by atoms with Crippen LogP contribution in [0.1, 0.15) is 17.0 Å². The number of aromatic nitrogens is 12. The summed E-state index contributed by atoms with van der Waals surface area (Å²) in [6, 6.07) is 3.77. The van der Waals surface area contributed by atoms with Crippen molar-refractivity contribution in [1.29, 1.82) is 0 Å². The van der Waals surface area contributed by atoms with Crippen LogP contribution in [0.15, 0.2) is 58.3 Å². The van der Waals surface area contributed by atoms with Gasteiger partial charge in [0.25, 0.3) is 11.9 Å². The molecule has 40 heavy (non-hydrogen) atoms. The van der Waals surface area contributed by atoms with Gasteiger partial charge < -0.3 is 11.5 Å². The zero-order chi connectivity index (χ0) is 28.6. The number of nitrogens with two attached hydrogens (primary N) is 2. The molecule has 6 rings (SSSR count). The minimum absolute atomic E-state index is 0.296. The Labute approximate surface area is 249 Å². The van der Waals surface area contributed by atoms with E-state index in [-0.39, 0.29) is 0 Å². The first-order valence-electron chi connectivity index (χ1n) is 11.5. The first-order chi connectivity index (χ1) is 19.1. The van der Waals surface area contributed by atoms with Gasteiger partial charge in [0, 0.05) is 24.3 Å². The van der Waals surface area contributed by atoms with Gasteiger partial charge in [-0.05, 0) is 70.3 Å². The molecule has 0 unspecified atom stereocenters. The largest absolute Gasteiger partial charge is 0.383 e. The Morgan fingerprint density at radius 1 is 0.775 bits per heavy atom. The van der Waals surface area contributed by atoms with Crippen molar-refractivity contribution in [2.75, 3.05) is 11.5 Å². The summed E-state index contributed by atoms with van der Waals surface area (Å²) in [4.78, 5) is 17.3. The first kappa shape index (κ1) is 27.4. The zero-order valence-corrected chi connectivity index (χ0v) is 25.2. The van der Waals surface area contributed by atoms with E-state index < -0.39 is 0 Å². The van der Waals surface area contributed by atoms with Gasteiger partial charge in [-0.15, -0.1) is 0 Å². The molecule has 0 aromatic carbocycles. The highest BCUT2D eigenvalue weighted by Crippen LogP contribution is 2.26. The second-order valence-corrected chi connectivity index (χ2v) is 10.5. The van der Waals surface area contributed by atoms with Crippen LogP contribution in [0.25, 0.3) is 23.5 Å². The lowest BCUT2D eigenvalue weighted by atomic mass is 10.4. The number of anilines is 2. The third-order valence-electron chi connectivity index (χ3n) is 5.30. The van der Waals surface area contributed by atoms with Crippen molar-refractivity contribution in [3.05, 3.63) is 80.2 Å². The smallest absolute Gasteiger partial charge is 0.254 e.